The van der Waals surface area contributed by atoms with Crippen molar-refractivity contribution >= 4 is 30.5 Å². The molecule has 4 aromatic carbocycles. The summed E-state index contributed by atoms with van der Waals surface area (Å²) in [6.07, 6.45) is 0. The number of rotatable bonds is 3. The van der Waals surface area contributed by atoms with Gasteiger partial charge in [-0.05, 0) is 0 Å². The monoisotopic (exact) mass is 541 g/mol. The van der Waals surface area contributed by atoms with Crippen LogP contribution >= 0.6 is 0 Å². The summed E-state index contributed by atoms with van der Waals surface area (Å²) in [5, 5.41) is 0. The van der Waals surface area contributed by atoms with Crippen LogP contribution in [0.5, 0.6) is 0 Å². The third-order valence-corrected chi connectivity index (χ3v) is 11.8. The fraction of sp³-hybridized carbons (Fsp3) is 0.0385. The van der Waals surface area contributed by atoms with Crippen LogP contribution in [0.3, 0.4) is 0 Å². The maximum atomic E-state index is 7.50. The molecule has 0 saturated carbocycles. The van der Waals surface area contributed by atoms with Gasteiger partial charge in [-0.15, -0.1) is 0 Å². The molecule has 0 N–H and O–H groups in total. The van der Waals surface area contributed by atoms with E-state index in [9.17, 15) is 0 Å². The number of hydrogen-bond donors (Lipinski definition) is 0. The van der Waals surface area contributed by atoms with E-state index in [1.54, 1.807) is 0 Å². The Labute approximate surface area is 197 Å². The topological polar surface area (TPSA) is 39.8 Å². The van der Waals surface area contributed by atoms with Crippen LogP contribution < -0.4 is 10.7 Å². The molecule has 0 aliphatic heterocycles. The molecule has 0 aliphatic rings. The molecule has 30 heavy (non-hydrogen) atoms. The van der Waals surface area contributed by atoms with Gasteiger partial charge in [0.05, 0.1) is 0 Å². The van der Waals surface area contributed by atoms with E-state index in [0.717, 1.165) is 0 Å². The van der Waals surface area contributed by atoms with Crippen LogP contribution in [0.25, 0.3) is 0 Å². The first-order valence-electron chi connectivity index (χ1n) is 8.97. The van der Waals surface area contributed by atoms with Crippen molar-refractivity contribution in [3.8, 4) is 0 Å². The van der Waals surface area contributed by atoms with Crippen molar-refractivity contribution < 1.29 is 26.4 Å². The maximum absolute atomic E-state index is 7.50. The molecule has 2 nitrogen and oxygen atoms in total. The molecule has 1 radical (unpaired) electrons. The summed E-state index contributed by atoms with van der Waals surface area (Å²) in [7, 11) is 0. The van der Waals surface area contributed by atoms with Crippen LogP contribution in [0.15, 0.2) is 115 Å². The first-order chi connectivity index (χ1) is 14.3. The molecule has 0 saturated heterocycles. The van der Waals surface area contributed by atoms with Crippen LogP contribution in [0.4, 0.5) is 0 Å². The molecule has 0 atom stereocenters. The number of benzene rings is 3. The quantitative estimate of drug-likeness (QED) is 0.216. The molecule has 4 rings (SSSR count). The Morgan fingerprint density at radius 1 is 0.600 bits per heavy atom. The van der Waals surface area contributed by atoms with Gasteiger partial charge in [-0.2, -0.15) is 18.2 Å². The van der Waals surface area contributed by atoms with Crippen molar-refractivity contribution in [1.29, 1.82) is 0 Å². The predicted molar refractivity (Wildman–Crippen MR) is 119 cm³/mol. The van der Waals surface area contributed by atoms with E-state index in [0.29, 0.717) is 0 Å². The average Bonchev–Trinajstić information content (AvgIpc) is 3.30. The zero-order valence-electron chi connectivity index (χ0n) is 16.7. The predicted octanol–water partition coefficient (Wildman–Crippen LogP) is 3.84. The fourth-order valence-electron chi connectivity index (χ4n) is 2.78. The van der Waals surface area contributed by atoms with Crippen LogP contribution in [-0.4, -0.2) is 19.8 Å². The Hall–Kier alpha value is -2.19. The first kappa shape index (κ1) is 27.8. The summed E-state index contributed by atoms with van der Waals surface area (Å²) in [4.78, 5) is 0. The molecule has 149 valence electrons. The summed E-state index contributed by atoms with van der Waals surface area (Å²) in [6.45, 7) is 11.1. The molecule has 4 heteroatoms. The second kappa shape index (κ2) is 17.6. The van der Waals surface area contributed by atoms with E-state index in [-0.39, 0.29) is 17.1 Å². The zero-order valence-corrected chi connectivity index (χ0v) is 20.7. The second-order valence-corrected chi connectivity index (χ2v) is 13.0. The van der Waals surface area contributed by atoms with Crippen LogP contribution in [0, 0.1) is 20.2 Å². The first-order valence-corrected chi connectivity index (χ1v) is 13.2. The molecular formula is C26H22MnO2Sn. The van der Waals surface area contributed by atoms with Gasteiger partial charge >= 0.3 is 161 Å². The second-order valence-electron chi connectivity index (χ2n) is 5.94. The van der Waals surface area contributed by atoms with Crippen molar-refractivity contribution in [3.63, 3.8) is 0 Å². The Balaban J connectivity index is 0.000000647. The standard InChI is InChI=1S/C6H7.3C6H5.2CO.Mn.Sn/c1-6-4-2-3-5-6;3*1-2-4-6-5-3-1;2*1-2;;/h2-5H,1H3;3*1-5H;;;;/q-1;;;;;;+1;. The average molecular weight is 540 g/mol. The molecule has 0 bridgehead atoms. The van der Waals surface area contributed by atoms with Crippen molar-refractivity contribution in [2.24, 2.45) is 0 Å². The van der Waals surface area contributed by atoms with Crippen molar-refractivity contribution in [2.45, 2.75) is 6.92 Å². The minimum absolute atomic E-state index is 0. The van der Waals surface area contributed by atoms with Gasteiger partial charge in [-0.1, -0.05) is 6.92 Å². The Morgan fingerprint density at radius 3 is 1.13 bits per heavy atom. The molecule has 4 aromatic rings. The van der Waals surface area contributed by atoms with Gasteiger partial charge in [0, 0.05) is 0 Å². The van der Waals surface area contributed by atoms with Gasteiger partial charge in [0.25, 0.3) is 0 Å². The van der Waals surface area contributed by atoms with Crippen molar-refractivity contribution in [2.75, 3.05) is 0 Å². The molecule has 0 aromatic heterocycles. The van der Waals surface area contributed by atoms with Gasteiger partial charge in [-0.25, -0.2) is 11.6 Å². The summed E-state index contributed by atoms with van der Waals surface area (Å²) >= 11 is -1.98. The fourth-order valence-corrected chi connectivity index (χ4v) is 10.1. The molecule has 0 heterocycles. The molecule has 0 unspecified atom stereocenters. The van der Waals surface area contributed by atoms with Gasteiger partial charge in [0.1, 0.15) is 0 Å². The van der Waals surface area contributed by atoms with E-state index in [2.05, 4.69) is 123 Å². The van der Waals surface area contributed by atoms with Gasteiger partial charge < -0.3 is 0 Å². The van der Waals surface area contributed by atoms with E-state index in [1.165, 1.54) is 16.3 Å². The number of aryl methyl sites for hydroxylation is 1. The van der Waals surface area contributed by atoms with Crippen LogP contribution in [0.2, 0.25) is 0 Å². The number of hydrogen-bond acceptors (Lipinski definition) is 0. The van der Waals surface area contributed by atoms with Gasteiger partial charge in [-0.3, -0.25) is 0 Å². The molecular weight excluding hydrogens is 518 g/mol. The summed E-state index contributed by atoms with van der Waals surface area (Å²) in [6, 6.07) is 41.2. The SMILES string of the molecule is Cc1cc[cH-]c1.[C-]#[O+].[C-]#[O+].[Mn+].c1cc[c]([Sn]([c]2ccccc2)[c]2ccccc2)cc1. The molecule has 0 fully saturated rings. The Morgan fingerprint density at radius 2 is 0.933 bits per heavy atom. The van der Waals surface area contributed by atoms with Crippen molar-refractivity contribution in [3.05, 3.63) is 134 Å². The third-order valence-electron chi connectivity index (χ3n) is 4.02. The summed E-state index contributed by atoms with van der Waals surface area (Å²) in [5.41, 5.74) is 1.34. The third kappa shape index (κ3) is 9.54. The minimum atomic E-state index is -1.98. The molecule has 0 amide bonds. The van der Waals surface area contributed by atoms with E-state index in [4.69, 9.17) is 9.30 Å². The van der Waals surface area contributed by atoms with E-state index in [1.807, 2.05) is 12.1 Å². The van der Waals surface area contributed by atoms with Crippen molar-refractivity contribution in [1.82, 2.24) is 0 Å². The van der Waals surface area contributed by atoms with Crippen LogP contribution in [0.1, 0.15) is 5.56 Å². The van der Waals surface area contributed by atoms with E-state index < -0.39 is 19.8 Å². The summed E-state index contributed by atoms with van der Waals surface area (Å²) < 4.78 is 19.6. The van der Waals surface area contributed by atoms with E-state index >= 15 is 0 Å². The molecule has 0 aliphatic carbocycles. The Kier molecular flexibility index (Phi) is 16.4. The Bertz CT molecular complexity index is 835. The normalized spacial score (nSPS) is 8.60. The zero-order chi connectivity index (χ0) is 21.3. The van der Waals surface area contributed by atoms with Gasteiger partial charge in [0.15, 0.2) is 0 Å². The van der Waals surface area contributed by atoms with Gasteiger partial charge in [0.2, 0.25) is 0 Å². The summed E-state index contributed by atoms with van der Waals surface area (Å²) in [5.74, 6) is 0. The van der Waals surface area contributed by atoms with Crippen LogP contribution in [-0.2, 0) is 26.4 Å². The molecule has 0 spiro atoms.